The van der Waals surface area contributed by atoms with Gasteiger partial charge in [0.15, 0.2) is 0 Å². The predicted octanol–water partition coefficient (Wildman–Crippen LogP) is 3.61. The van der Waals surface area contributed by atoms with Crippen molar-refractivity contribution >= 4 is 11.7 Å². The fourth-order valence-electron chi connectivity index (χ4n) is 3.39. The molecule has 1 aliphatic rings. The molecule has 3 rings (SSSR count). The lowest BCUT2D eigenvalue weighted by Gasteiger charge is -2.32. The van der Waals surface area contributed by atoms with Crippen LogP contribution in [0.5, 0.6) is 0 Å². The van der Waals surface area contributed by atoms with Gasteiger partial charge in [-0.05, 0) is 43.0 Å². The molecule has 1 aliphatic heterocycles. The van der Waals surface area contributed by atoms with Crippen molar-refractivity contribution in [1.29, 1.82) is 0 Å². The van der Waals surface area contributed by atoms with Crippen LogP contribution in [0.3, 0.4) is 0 Å². The Hall–Kier alpha value is -2.56. The molecule has 1 amide bonds. The van der Waals surface area contributed by atoms with Crippen molar-refractivity contribution in [3.05, 3.63) is 48.4 Å². The van der Waals surface area contributed by atoms with Crippen LogP contribution in [-0.4, -0.2) is 39.6 Å². The molecule has 0 unspecified atom stereocenters. The van der Waals surface area contributed by atoms with Crippen LogP contribution in [-0.2, 0) is 4.79 Å². The Kier molecular flexibility index (Phi) is 5.76. The summed E-state index contributed by atoms with van der Waals surface area (Å²) in [4.78, 5) is 35.4. The van der Waals surface area contributed by atoms with E-state index >= 15 is 0 Å². The Balaban J connectivity index is 1.68. The minimum absolute atomic E-state index is 0.0286. The van der Waals surface area contributed by atoms with Crippen molar-refractivity contribution in [1.82, 2.24) is 14.9 Å². The summed E-state index contributed by atoms with van der Waals surface area (Å²) < 4.78 is 0. The number of aromatic nitrogens is 2. The minimum atomic E-state index is -0.0409. The van der Waals surface area contributed by atoms with Gasteiger partial charge in [-0.15, -0.1) is 0 Å². The number of piperidine rings is 1. The summed E-state index contributed by atoms with van der Waals surface area (Å²) in [6.07, 6.45) is 7.42. The van der Waals surface area contributed by atoms with Gasteiger partial charge < -0.3 is 4.90 Å². The number of ketones is 1. The number of Topliss-reactive ketones (excluding diaryl/α,β-unsaturated/α-hetero) is 1. The monoisotopic (exact) mass is 351 g/mol. The molecule has 2 aromatic heterocycles. The van der Waals surface area contributed by atoms with Gasteiger partial charge in [-0.2, -0.15) is 0 Å². The smallest absolute Gasteiger partial charge is 0.255 e. The van der Waals surface area contributed by atoms with Gasteiger partial charge in [-0.25, -0.2) is 0 Å². The Morgan fingerprint density at radius 3 is 2.62 bits per heavy atom. The third-order valence-electron chi connectivity index (χ3n) is 4.76. The molecule has 1 saturated heterocycles. The first-order valence-electron chi connectivity index (χ1n) is 9.23. The number of nitrogens with zero attached hydrogens (tertiary/aromatic N) is 3. The highest BCUT2D eigenvalue weighted by Crippen LogP contribution is 2.22. The number of amides is 1. The Bertz CT molecular complexity index is 757. The molecule has 0 bridgehead atoms. The van der Waals surface area contributed by atoms with Crippen LogP contribution in [0, 0.1) is 11.8 Å². The van der Waals surface area contributed by atoms with Crippen molar-refractivity contribution in [3.8, 4) is 11.3 Å². The second-order valence-corrected chi connectivity index (χ2v) is 7.32. The standard InChI is InChI=1S/C21H25N3O2/c1-15(2)12-20(25)18-4-3-11-24(14-18)21(26)17-5-6-19(23-13-17)16-7-9-22-10-8-16/h5-10,13,15,18H,3-4,11-12,14H2,1-2H3/t18-/m1/s1. The summed E-state index contributed by atoms with van der Waals surface area (Å²) in [6, 6.07) is 7.44. The highest BCUT2D eigenvalue weighted by molar-refractivity contribution is 5.94. The zero-order valence-corrected chi connectivity index (χ0v) is 15.4. The molecule has 0 radical (unpaired) electrons. The summed E-state index contributed by atoms with van der Waals surface area (Å²) in [6.45, 7) is 5.34. The first-order chi connectivity index (χ1) is 12.5. The minimum Gasteiger partial charge on any atom is -0.338 e. The summed E-state index contributed by atoms with van der Waals surface area (Å²) >= 11 is 0. The first kappa shape index (κ1) is 18.2. The van der Waals surface area contributed by atoms with Gasteiger partial charge in [-0.3, -0.25) is 19.6 Å². The van der Waals surface area contributed by atoms with Crippen LogP contribution in [0.4, 0.5) is 0 Å². The zero-order chi connectivity index (χ0) is 18.5. The van der Waals surface area contributed by atoms with E-state index in [4.69, 9.17) is 0 Å². The van der Waals surface area contributed by atoms with E-state index in [1.165, 1.54) is 0 Å². The van der Waals surface area contributed by atoms with E-state index in [-0.39, 0.29) is 17.6 Å². The number of carbonyl (C=O) groups excluding carboxylic acids is 2. The number of hydrogen-bond donors (Lipinski definition) is 0. The quantitative estimate of drug-likeness (QED) is 0.825. The largest absolute Gasteiger partial charge is 0.338 e. The SMILES string of the molecule is CC(C)CC(=O)[C@@H]1CCCN(C(=O)c2ccc(-c3ccncc3)nc2)C1. The van der Waals surface area contributed by atoms with Crippen LogP contribution in [0.25, 0.3) is 11.3 Å². The number of rotatable bonds is 5. The third-order valence-corrected chi connectivity index (χ3v) is 4.76. The van der Waals surface area contributed by atoms with Gasteiger partial charge in [0.25, 0.3) is 5.91 Å². The van der Waals surface area contributed by atoms with E-state index in [0.717, 1.165) is 24.1 Å². The van der Waals surface area contributed by atoms with Gasteiger partial charge in [0, 0.05) is 49.6 Å². The lowest BCUT2D eigenvalue weighted by atomic mass is 9.89. The van der Waals surface area contributed by atoms with Crippen LogP contribution >= 0.6 is 0 Å². The predicted molar refractivity (Wildman–Crippen MR) is 101 cm³/mol. The second-order valence-electron chi connectivity index (χ2n) is 7.32. The second kappa shape index (κ2) is 8.21. The number of hydrogen-bond acceptors (Lipinski definition) is 4. The topological polar surface area (TPSA) is 63.2 Å². The van der Waals surface area contributed by atoms with E-state index in [9.17, 15) is 9.59 Å². The third kappa shape index (κ3) is 4.34. The molecule has 1 fully saturated rings. The van der Waals surface area contributed by atoms with E-state index in [1.54, 1.807) is 23.5 Å². The maximum absolute atomic E-state index is 12.8. The van der Waals surface area contributed by atoms with Crippen LogP contribution < -0.4 is 0 Å². The molecule has 136 valence electrons. The summed E-state index contributed by atoms with van der Waals surface area (Å²) in [5.41, 5.74) is 2.35. The van der Waals surface area contributed by atoms with Crippen LogP contribution in [0.2, 0.25) is 0 Å². The van der Waals surface area contributed by atoms with Gasteiger partial charge in [0.05, 0.1) is 11.3 Å². The maximum Gasteiger partial charge on any atom is 0.255 e. The van der Waals surface area contributed by atoms with Gasteiger partial charge >= 0.3 is 0 Å². The molecule has 3 heterocycles. The molecular weight excluding hydrogens is 326 g/mol. The molecule has 5 nitrogen and oxygen atoms in total. The molecule has 26 heavy (non-hydrogen) atoms. The van der Waals surface area contributed by atoms with Crippen molar-refractivity contribution in [2.45, 2.75) is 33.1 Å². The van der Waals surface area contributed by atoms with Crippen molar-refractivity contribution in [2.75, 3.05) is 13.1 Å². The zero-order valence-electron chi connectivity index (χ0n) is 15.4. The lowest BCUT2D eigenvalue weighted by molar-refractivity contribution is -0.124. The fraction of sp³-hybridized carbons (Fsp3) is 0.429. The highest BCUT2D eigenvalue weighted by atomic mass is 16.2. The Morgan fingerprint density at radius 1 is 1.19 bits per heavy atom. The molecule has 0 aliphatic carbocycles. The number of carbonyl (C=O) groups is 2. The molecule has 0 spiro atoms. The lowest BCUT2D eigenvalue weighted by Crippen LogP contribution is -2.42. The first-order valence-corrected chi connectivity index (χ1v) is 9.23. The molecule has 0 N–H and O–H groups in total. The van der Waals surface area contributed by atoms with Crippen LogP contribution in [0.1, 0.15) is 43.5 Å². The van der Waals surface area contributed by atoms with E-state index in [0.29, 0.717) is 31.0 Å². The number of pyridine rings is 2. The summed E-state index contributed by atoms with van der Waals surface area (Å²) in [7, 11) is 0. The summed E-state index contributed by atoms with van der Waals surface area (Å²) in [5.74, 6) is 0.571. The van der Waals surface area contributed by atoms with Crippen molar-refractivity contribution < 1.29 is 9.59 Å². The highest BCUT2D eigenvalue weighted by Gasteiger charge is 2.29. The van der Waals surface area contributed by atoms with E-state index < -0.39 is 0 Å². The molecule has 5 heteroatoms. The molecule has 1 atom stereocenters. The fourth-order valence-corrected chi connectivity index (χ4v) is 3.39. The molecule has 0 saturated carbocycles. The van der Waals surface area contributed by atoms with Crippen molar-refractivity contribution in [2.24, 2.45) is 11.8 Å². The Labute approximate surface area is 154 Å². The molecular formula is C21H25N3O2. The van der Waals surface area contributed by atoms with Crippen LogP contribution in [0.15, 0.2) is 42.9 Å². The van der Waals surface area contributed by atoms with Gasteiger partial charge in [-0.1, -0.05) is 13.8 Å². The normalized spacial score (nSPS) is 17.3. The van der Waals surface area contributed by atoms with Gasteiger partial charge in [0.1, 0.15) is 5.78 Å². The average molecular weight is 351 g/mol. The molecule has 2 aromatic rings. The maximum atomic E-state index is 12.8. The average Bonchev–Trinajstić information content (AvgIpc) is 2.68. The van der Waals surface area contributed by atoms with Gasteiger partial charge in [0.2, 0.25) is 0 Å². The Morgan fingerprint density at radius 2 is 1.96 bits per heavy atom. The van der Waals surface area contributed by atoms with E-state index in [1.807, 2.05) is 24.3 Å². The number of likely N-dealkylation sites (tertiary alicyclic amines) is 1. The summed E-state index contributed by atoms with van der Waals surface area (Å²) in [5, 5.41) is 0. The van der Waals surface area contributed by atoms with Crippen molar-refractivity contribution in [3.63, 3.8) is 0 Å². The van der Waals surface area contributed by atoms with E-state index in [2.05, 4.69) is 23.8 Å². The molecule has 0 aromatic carbocycles.